The Balaban J connectivity index is 2.28. The molecule has 0 saturated carbocycles. The minimum absolute atomic E-state index is 0.261. The molecule has 5 nitrogen and oxygen atoms in total. The molecule has 0 atom stereocenters. The summed E-state index contributed by atoms with van der Waals surface area (Å²) in [4.78, 5) is 26.3. The summed E-state index contributed by atoms with van der Waals surface area (Å²) in [6.45, 7) is 4.79. The van der Waals surface area contributed by atoms with Gasteiger partial charge in [0.1, 0.15) is 5.75 Å². The number of aliphatic imine (C=N–C) groups is 1. The van der Waals surface area contributed by atoms with Gasteiger partial charge < -0.3 is 9.47 Å². The van der Waals surface area contributed by atoms with Crippen molar-refractivity contribution in [2.75, 3.05) is 0 Å². The number of rotatable bonds is 2. The van der Waals surface area contributed by atoms with Crippen LogP contribution in [0.25, 0.3) is 6.08 Å². The second-order valence-corrected chi connectivity index (χ2v) is 4.17. The summed E-state index contributed by atoms with van der Waals surface area (Å²) < 4.78 is 9.86. The smallest absolute Gasteiger partial charge is 0.363 e. The number of carbonyl (C=O) groups excluding carboxylic acids is 2. The summed E-state index contributed by atoms with van der Waals surface area (Å²) >= 11 is 0. The third-order valence-corrected chi connectivity index (χ3v) is 2.48. The first-order valence-corrected chi connectivity index (χ1v) is 5.74. The van der Waals surface area contributed by atoms with Gasteiger partial charge in [0.25, 0.3) is 0 Å². The van der Waals surface area contributed by atoms with E-state index in [4.69, 9.17) is 9.47 Å². The number of cyclic esters (lactones) is 1. The quantitative estimate of drug-likeness (QED) is 0.464. The highest BCUT2D eigenvalue weighted by Crippen LogP contribution is 2.22. The first-order chi connectivity index (χ1) is 8.95. The van der Waals surface area contributed by atoms with Crippen LogP contribution in [0, 0.1) is 6.92 Å². The van der Waals surface area contributed by atoms with Gasteiger partial charge in [-0.1, -0.05) is 6.07 Å². The maximum atomic E-state index is 11.4. The van der Waals surface area contributed by atoms with Crippen molar-refractivity contribution in [2.24, 2.45) is 4.99 Å². The molecule has 0 radical (unpaired) electrons. The molecule has 0 spiro atoms. The van der Waals surface area contributed by atoms with Gasteiger partial charge in [0.2, 0.25) is 0 Å². The van der Waals surface area contributed by atoms with E-state index in [0.29, 0.717) is 11.6 Å². The molecule has 19 heavy (non-hydrogen) atoms. The van der Waals surface area contributed by atoms with Crippen molar-refractivity contribution in [3.8, 4) is 5.75 Å². The lowest BCUT2D eigenvalue weighted by molar-refractivity contribution is -0.132. The summed E-state index contributed by atoms with van der Waals surface area (Å²) in [5, 5.41) is 0. The Morgan fingerprint density at radius 1 is 1.37 bits per heavy atom. The minimum atomic E-state index is -0.459. The molecule has 98 valence electrons. The standard InChI is InChI=1S/C14H13NO4/c1-8-6-11(4-5-13(8)19-10(3)16)7-12-14(17)18-9(2)15-12/h4-7H,1-3H3. The largest absolute Gasteiger partial charge is 0.426 e. The Morgan fingerprint density at radius 2 is 2.11 bits per heavy atom. The molecular weight excluding hydrogens is 246 g/mol. The normalized spacial score (nSPS) is 16.3. The van der Waals surface area contributed by atoms with Crippen LogP contribution >= 0.6 is 0 Å². The molecule has 0 aromatic heterocycles. The van der Waals surface area contributed by atoms with Crippen LogP contribution in [0.4, 0.5) is 0 Å². The summed E-state index contributed by atoms with van der Waals surface area (Å²) in [6, 6.07) is 5.23. The molecule has 0 aliphatic carbocycles. The number of hydrogen-bond donors (Lipinski definition) is 0. The zero-order valence-electron chi connectivity index (χ0n) is 10.9. The summed E-state index contributed by atoms with van der Waals surface area (Å²) in [5.74, 6) is 0.0147. The van der Waals surface area contributed by atoms with Crippen molar-refractivity contribution < 1.29 is 19.1 Å². The molecule has 0 amide bonds. The van der Waals surface area contributed by atoms with Crippen molar-refractivity contribution >= 4 is 23.9 Å². The van der Waals surface area contributed by atoms with Crippen LogP contribution in [0.15, 0.2) is 28.9 Å². The van der Waals surface area contributed by atoms with Gasteiger partial charge in [0.05, 0.1) is 0 Å². The lowest BCUT2D eigenvalue weighted by Crippen LogP contribution is -2.03. The van der Waals surface area contributed by atoms with Crippen LogP contribution in [0.2, 0.25) is 0 Å². The van der Waals surface area contributed by atoms with E-state index in [0.717, 1.165) is 11.1 Å². The van der Waals surface area contributed by atoms with Crippen LogP contribution in [-0.4, -0.2) is 17.8 Å². The molecule has 0 unspecified atom stereocenters. The molecular formula is C14H13NO4. The van der Waals surface area contributed by atoms with E-state index in [9.17, 15) is 9.59 Å². The van der Waals surface area contributed by atoms with E-state index >= 15 is 0 Å². The number of aryl methyl sites for hydroxylation is 1. The van der Waals surface area contributed by atoms with E-state index in [-0.39, 0.29) is 11.7 Å². The maximum Gasteiger partial charge on any atom is 0.363 e. The van der Waals surface area contributed by atoms with E-state index in [2.05, 4.69) is 4.99 Å². The Hall–Kier alpha value is -2.43. The molecule has 1 aliphatic rings. The second-order valence-electron chi connectivity index (χ2n) is 4.17. The van der Waals surface area contributed by atoms with Crippen molar-refractivity contribution in [2.45, 2.75) is 20.8 Å². The molecule has 0 bridgehead atoms. The van der Waals surface area contributed by atoms with E-state index in [1.54, 1.807) is 25.1 Å². The van der Waals surface area contributed by atoms with Crippen LogP contribution < -0.4 is 4.74 Å². The van der Waals surface area contributed by atoms with Gasteiger partial charge >= 0.3 is 11.9 Å². The fourth-order valence-electron chi connectivity index (χ4n) is 1.71. The molecule has 2 rings (SSSR count). The fraction of sp³-hybridized carbons (Fsp3) is 0.214. The average Bonchev–Trinajstić information content (AvgIpc) is 2.61. The molecule has 1 aliphatic heterocycles. The molecule has 0 fully saturated rings. The van der Waals surface area contributed by atoms with Gasteiger partial charge in [-0.2, -0.15) is 0 Å². The number of ether oxygens (including phenoxy) is 2. The molecule has 0 N–H and O–H groups in total. The number of carbonyl (C=O) groups is 2. The zero-order chi connectivity index (χ0) is 14.0. The first-order valence-electron chi connectivity index (χ1n) is 5.74. The molecule has 1 heterocycles. The van der Waals surface area contributed by atoms with Crippen molar-refractivity contribution in [1.29, 1.82) is 0 Å². The maximum absolute atomic E-state index is 11.4. The summed E-state index contributed by atoms with van der Waals surface area (Å²) in [5.41, 5.74) is 1.85. The highest BCUT2D eigenvalue weighted by molar-refractivity contribution is 6.06. The predicted molar refractivity (Wildman–Crippen MR) is 69.7 cm³/mol. The predicted octanol–water partition coefficient (Wildman–Crippen LogP) is 2.24. The third kappa shape index (κ3) is 3.07. The Kier molecular flexibility index (Phi) is 3.46. The van der Waals surface area contributed by atoms with Crippen molar-refractivity contribution in [3.05, 3.63) is 35.0 Å². The van der Waals surface area contributed by atoms with Gasteiger partial charge in [-0.25, -0.2) is 9.79 Å². The van der Waals surface area contributed by atoms with E-state index in [1.807, 2.05) is 13.0 Å². The van der Waals surface area contributed by atoms with Gasteiger partial charge in [-0.3, -0.25) is 4.79 Å². The average molecular weight is 259 g/mol. The zero-order valence-corrected chi connectivity index (χ0v) is 10.9. The van der Waals surface area contributed by atoms with Gasteiger partial charge in [-0.05, 0) is 36.3 Å². The van der Waals surface area contributed by atoms with Crippen LogP contribution in [0.5, 0.6) is 5.75 Å². The topological polar surface area (TPSA) is 65.0 Å². The first kappa shape index (κ1) is 13.0. The van der Waals surface area contributed by atoms with E-state index < -0.39 is 5.97 Å². The monoisotopic (exact) mass is 259 g/mol. The molecule has 5 heteroatoms. The lowest BCUT2D eigenvalue weighted by Gasteiger charge is -2.05. The van der Waals surface area contributed by atoms with Crippen LogP contribution in [-0.2, 0) is 14.3 Å². The van der Waals surface area contributed by atoms with Gasteiger partial charge in [0, 0.05) is 13.8 Å². The second kappa shape index (κ2) is 5.06. The lowest BCUT2D eigenvalue weighted by atomic mass is 10.1. The molecule has 0 saturated heterocycles. The summed E-state index contributed by atoms with van der Waals surface area (Å²) in [6.07, 6.45) is 1.63. The SMILES string of the molecule is CC(=O)Oc1ccc(C=C2N=C(C)OC2=O)cc1C. The Labute approximate surface area is 110 Å². The number of esters is 2. The minimum Gasteiger partial charge on any atom is -0.426 e. The molecule has 1 aromatic rings. The Bertz CT molecular complexity index is 614. The van der Waals surface area contributed by atoms with E-state index in [1.165, 1.54) is 6.92 Å². The highest BCUT2D eigenvalue weighted by Gasteiger charge is 2.19. The number of nitrogens with zero attached hydrogens (tertiary/aromatic N) is 1. The number of hydrogen-bond acceptors (Lipinski definition) is 5. The summed E-state index contributed by atoms with van der Waals surface area (Å²) in [7, 11) is 0. The van der Waals surface area contributed by atoms with Crippen LogP contribution in [0.3, 0.4) is 0 Å². The van der Waals surface area contributed by atoms with Crippen molar-refractivity contribution in [3.63, 3.8) is 0 Å². The highest BCUT2D eigenvalue weighted by atomic mass is 16.6. The number of benzene rings is 1. The fourth-order valence-corrected chi connectivity index (χ4v) is 1.71. The van der Waals surface area contributed by atoms with Gasteiger partial charge in [-0.15, -0.1) is 0 Å². The molecule has 1 aromatic carbocycles. The third-order valence-electron chi connectivity index (χ3n) is 2.48. The van der Waals surface area contributed by atoms with Crippen molar-refractivity contribution in [1.82, 2.24) is 0 Å². The van der Waals surface area contributed by atoms with Crippen LogP contribution in [0.1, 0.15) is 25.0 Å². The van der Waals surface area contributed by atoms with Gasteiger partial charge in [0.15, 0.2) is 11.6 Å². The Morgan fingerprint density at radius 3 is 2.63 bits per heavy atom.